The van der Waals surface area contributed by atoms with Crippen LogP contribution in [0.5, 0.6) is 0 Å². The maximum atomic E-state index is 5.63. The molecule has 1 aromatic carbocycles. The number of benzene rings is 1. The zero-order valence-electron chi connectivity index (χ0n) is 14.3. The molecule has 0 bridgehead atoms. The lowest BCUT2D eigenvalue weighted by Crippen LogP contribution is -2.07. The van der Waals surface area contributed by atoms with Crippen LogP contribution in [-0.4, -0.2) is 9.55 Å². The van der Waals surface area contributed by atoms with Gasteiger partial charge in [0.15, 0.2) is 11.6 Å². The van der Waals surface area contributed by atoms with E-state index in [4.69, 9.17) is 9.40 Å². The number of hydrogen-bond donors (Lipinski definition) is 0. The van der Waals surface area contributed by atoms with Crippen molar-refractivity contribution in [3.63, 3.8) is 0 Å². The highest BCUT2D eigenvalue weighted by molar-refractivity contribution is 5.88. The molecule has 0 radical (unpaired) electrons. The van der Waals surface area contributed by atoms with Crippen molar-refractivity contribution in [1.29, 1.82) is 0 Å². The van der Waals surface area contributed by atoms with Crippen molar-refractivity contribution in [3.05, 3.63) is 40.6 Å². The van der Waals surface area contributed by atoms with Crippen LogP contribution >= 0.6 is 0 Å². The third-order valence-electron chi connectivity index (χ3n) is 4.65. The minimum atomic E-state index is 0.549. The summed E-state index contributed by atoms with van der Waals surface area (Å²) in [5.41, 5.74) is 7.65. The quantitative estimate of drug-likeness (QED) is 0.666. The van der Waals surface area contributed by atoms with Crippen LogP contribution < -0.4 is 0 Å². The number of fused-ring (bicyclic) bond motifs is 1. The molecule has 0 aliphatic rings. The van der Waals surface area contributed by atoms with Crippen molar-refractivity contribution in [3.8, 4) is 11.6 Å². The lowest BCUT2D eigenvalue weighted by molar-refractivity contribution is 0.521. The van der Waals surface area contributed by atoms with Crippen molar-refractivity contribution < 1.29 is 4.42 Å². The minimum absolute atomic E-state index is 0.549. The van der Waals surface area contributed by atoms with E-state index in [1.165, 1.54) is 27.8 Å². The van der Waals surface area contributed by atoms with Gasteiger partial charge in [-0.2, -0.15) is 0 Å². The summed E-state index contributed by atoms with van der Waals surface area (Å²) < 4.78 is 7.96. The highest BCUT2D eigenvalue weighted by Crippen LogP contribution is 2.33. The molecule has 3 aromatic rings. The van der Waals surface area contributed by atoms with E-state index in [9.17, 15) is 0 Å². The molecule has 22 heavy (non-hydrogen) atoms. The Hall–Kier alpha value is -2.03. The molecule has 0 aliphatic carbocycles. The summed E-state index contributed by atoms with van der Waals surface area (Å²) in [7, 11) is 0. The van der Waals surface area contributed by atoms with Gasteiger partial charge < -0.3 is 8.98 Å². The van der Waals surface area contributed by atoms with Crippen LogP contribution in [0, 0.1) is 33.6 Å². The van der Waals surface area contributed by atoms with Gasteiger partial charge in [-0.25, -0.2) is 4.98 Å². The second-order valence-electron chi connectivity index (χ2n) is 6.61. The summed E-state index contributed by atoms with van der Waals surface area (Å²) in [4.78, 5) is 4.94. The number of imidazole rings is 1. The van der Waals surface area contributed by atoms with Gasteiger partial charge >= 0.3 is 0 Å². The van der Waals surface area contributed by atoms with Gasteiger partial charge in [0, 0.05) is 6.54 Å². The third kappa shape index (κ3) is 2.16. The fourth-order valence-corrected chi connectivity index (χ4v) is 3.15. The molecule has 0 fully saturated rings. The Morgan fingerprint density at radius 1 is 1.05 bits per heavy atom. The van der Waals surface area contributed by atoms with Crippen LogP contribution in [0.4, 0.5) is 0 Å². The number of aromatic nitrogens is 2. The highest BCUT2D eigenvalue weighted by atomic mass is 16.3. The Kier molecular flexibility index (Phi) is 3.59. The minimum Gasteiger partial charge on any atom is -0.461 e. The summed E-state index contributed by atoms with van der Waals surface area (Å²) in [6.07, 6.45) is 1.71. The second-order valence-corrected chi connectivity index (χ2v) is 6.61. The molecule has 0 saturated carbocycles. The van der Waals surface area contributed by atoms with Crippen molar-refractivity contribution in [2.24, 2.45) is 5.92 Å². The number of nitrogens with zero attached hydrogens (tertiary/aromatic N) is 2. The topological polar surface area (TPSA) is 31.0 Å². The average molecular weight is 296 g/mol. The van der Waals surface area contributed by atoms with Gasteiger partial charge in [-0.15, -0.1) is 0 Å². The van der Waals surface area contributed by atoms with E-state index < -0.39 is 0 Å². The van der Waals surface area contributed by atoms with Gasteiger partial charge in [-0.05, 0) is 68.0 Å². The van der Waals surface area contributed by atoms with Gasteiger partial charge in [0.05, 0.1) is 17.3 Å². The average Bonchev–Trinajstić information content (AvgIpc) is 3.10. The van der Waals surface area contributed by atoms with Crippen LogP contribution in [0.2, 0.25) is 0 Å². The van der Waals surface area contributed by atoms with E-state index in [2.05, 4.69) is 46.1 Å². The van der Waals surface area contributed by atoms with Gasteiger partial charge in [0.1, 0.15) is 0 Å². The Balaban J connectivity index is 2.42. The molecule has 2 heterocycles. The first kappa shape index (κ1) is 14.9. The first-order chi connectivity index (χ1) is 10.4. The molecule has 3 heteroatoms. The van der Waals surface area contributed by atoms with Gasteiger partial charge in [0.2, 0.25) is 0 Å². The molecule has 2 aromatic heterocycles. The molecule has 0 atom stereocenters. The molecular weight excluding hydrogens is 272 g/mol. The van der Waals surface area contributed by atoms with Gasteiger partial charge in [-0.3, -0.25) is 0 Å². The number of furan rings is 1. The fourth-order valence-electron chi connectivity index (χ4n) is 3.15. The van der Waals surface area contributed by atoms with E-state index in [1.54, 1.807) is 6.26 Å². The van der Waals surface area contributed by atoms with Gasteiger partial charge in [0.25, 0.3) is 0 Å². The largest absolute Gasteiger partial charge is 0.461 e. The van der Waals surface area contributed by atoms with E-state index in [0.29, 0.717) is 5.92 Å². The second kappa shape index (κ2) is 5.31. The van der Waals surface area contributed by atoms with Crippen LogP contribution in [-0.2, 0) is 6.54 Å². The van der Waals surface area contributed by atoms with Crippen LogP contribution in [0.15, 0.2) is 22.8 Å². The molecule has 3 rings (SSSR count). The van der Waals surface area contributed by atoms with Gasteiger partial charge in [-0.1, -0.05) is 13.8 Å². The Bertz CT molecular complexity index is 823. The Labute approximate surface area is 132 Å². The molecular formula is C19H24N2O. The normalized spacial score (nSPS) is 11.8. The summed E-state index contributed by atoms with van der Waals surface area (Å²) in [5, 5.41) is 0. The zero-order chi connectivity index (χ0) is 16.0. The molecule has 3 nitrogen and oxygen atoms in total. The predicted molar refractivity (Wildman–Crippen MR) is 91.2 cm³/mol. The smallest absolute Gasteiger partial charge is 0.177 e. The fraction of sp³-hybridized carbons (Fsp3) is 0.421. The van der Waals surface area contributed by atoms with E-state index in [0.717, 1.165) is 23.6 Å². The standard InChI is InChI=1S/C19H24N2O/c1-11(2)10-21-18-15(6)13(4)12(3)14(5)17(18)20-19(21)16-8-7-9-22-16/h7-9,11H,10H2,1-6H3. The first-order valence-electron chi connectivity index (χ1n) is 7.92. The number of hydrogen-bond acceptors (Lipinski definition) is 2. The lowest BCUT2D eigenvalue weighted by atomic mass is 9.97. The SMILES string of the molecule is Cc1c(C)c(C)c2c(nc(-c3ccco3)n2CC(C)C)c1C. The number of rotatable bonds is 3. The molecule has 0 spiro atoms. The monoisotopic (exact) mass is 296 g/mol. The third-order valence-corrected chi connectivity index (χ3v) is 4.65. The van der Waals surface area contributed by atoms with E-state index >= 15 is 0 Å². The molecule has 0 saturated heterocycles. The van der Waals surface area contributed by atoms with Crippen LogP contribution in [0.1, 0.15) is 36.1 Å². The van der Waals surface area contributed by atoms with Crippen LogP contribution in [0.3, 0.4) is 0 Å². The number of aryl methyl sites for hydroxylation is 2. The molecule has 0 amide bonds. The van der Waals surface area contributed by atoms with E-state index in [-0.39, 0.29) is 0 Å². The van der Waals surface area contributed by atoms with Crippen molar-refractivity contribution in [2.45, 2.75) is 48.1 Å². The Morgan fingerprint density at radius 3 is 2.32 bits per heavy atom. The lowest BCUT2D eigenvalue weighted by Gasteiger charge is -2.15. The summed E-state index contributed by atoms with van der Waals surface area (Å²) >= 11 is 0. The summed E-state index contributed by atoms with van der Waals surface area (Å²) in [5.74, 6) is 2.32. The Morgan fingerprint density at radius 2 is 1.73 bits per heavy atom. The molecule has 0 N–H and O–H groups in total. The zero-order valence-corrected chi connectivity index (χ0v) is 14.3. The molecule has 116 valence electrons. The summed E-state index contributed by atoms with van der Waals surface area (Å²) in [6.45, 7) is 14.2. The van der Waals surface area contributed by atoms with Crippen molar-refractivity contribution in [1.82, 2.24) is 9.55 Å². The first-order valence-corrected chi connectivity index (χ1v) is 7.92. The maximum absolute atomic E-state index is 5.63. The maximum Gasteiger partial charge on any atom is 0.177 e. The summed E-state index contributed by atoms with van der Waals surface area (Å²) in [6, 6.07) is 3.91. The van der Waals surface area contributed by atoms with E-state index in [1.807, 2.05) is 12.1 Å². The van der Waals surface area contributed by atoms with Crippen molar-refractivity contribution in [2.75, 3.05) is 0 Å². The molecule has 0 unspecified atom stereocenters. The molecule has 0 aliphatic heterocycles. The highest BCUT2D eigenvalue weighted by Gasteiger charge is 2.20. The van der Waals surface area contributed by atoms with Crippen LogP contribution in [0.25, 0.3) is 22.6 Å². The predicted octanol–water partition coefficient (Wildman–Crippen LogP) is 5.19. The van der Waals surface area contributed by atoms with Crippen molar-refractivity contribution >= 4 is 11.0 Å².